The lowest BCUT2D eigenvalue weighted by Gasteiger charge is -2.32. The Morgan fingerprint density at radius 2 is 2.19 bits per heavy atom. The van der Waals surface area contributed by atoms with E-state index in [1.165, 1.54) is 5.69 Å². The summed E-state index contributed by atoms with van der Waals surface area (Å²) in [4.78, 5) is 2.43. The minimum absolute atomic E-state index is 0.314. The molecule has 88 valence electrons. The Balaban J connectivity index is 1.77. The van der Waals surface area contributed by atoms with Crippen molar-refractivity contribution in [2.24, 2.45) is 0 Å². The molecule has 1 atom stereocenters. The maximum atomic E-state index is 5.73. The van der Waals surface area contributed by atoms with Gasteiger partial charge in [0.15, 0.2) is 0 Å². The molecule has 0 radical (unpaired) electrons. The molecule has 16 heavy (non-hydrogen) atoms. The van der Waals surface area contributed by atoms with Gasteiger partial charge in [-0.1, -0.05) is 25.1 Å². The molecule has 1 aliphatic heterocycles. The Kier molecular flexibility index (Phi) is 4.19. The predicted molar refractivity (Wildman–Crippen MR) is 66.8 cm³/mol. The van der Waals surface area contributed by atoms with Crippen LogP contribution in [0.5, 0.6) is 0 Å². The lowest BCUT2D eigenvalue weighted by Crippen LogP contribution is -2.45. The van der Waals surface area contributed by atoms with Gasteiger partial charge in [0.1, 0.15) is 0 Å². The zero-order valence-electron chi connectivity index (χ0n) is 9.86. The number of hydrogen-bond donors (Lipinski definition) is 1. The predicted octanol–water partition coefficient (Wildman–Crippen LogP) is 1.82. The van der Waals surface area contributed by atoms with Crippen LogP contribution in [0.3, 0.4) is 0 Å². The van der Waals surface area contributed by atoms with E-state index in [0.717, 1.165) is 32.8 Å². The van der Waals surface area contributed by atoms with Crippen LogP contribution < -0.4 is 5.32 Å². The van der Waals surface area contributed by atoms with Crippen molar-refractivity contribution in [3.8, 4) is 0 Å². The molecule has 1 unspecified atom stereocenters. The molecule has 1 aromatic rings. The number of nitrogens with one attached hydrogen (secondary N) is 1. The quantitative estimate of drug-likeness (QED) is 0.837. The lowest BCUT2D eigenvalue weighted by atomic mass is 10.2. The van der Waals surface area contributed by atoms with Crippen LogP contribution in [-0.2, 0) is 4.74 Å². The van der Waals surface area contributed by atoms with E-state index in [1.54, 1.807) is 0 Å². The molecule has 1 N–H and O–H groups in total. The molecule has 2 rings (SSSR count). The van der Waals surface area contributed by atoms with Crippen molar-refractivity contribution in [3.63, 3.8) is 0 Å². The molecule has 1 heterocycles. The molecular weight excluding hydrogens is 200 g/mol. The van der Waals surface area contributed by atoms with Crippen LogP contribution in [0.2, 0.25) is 0 Å². The largest absolute Gasteiger partial charge is 0.382 e. The van der Waals surface area contributed by atoms with Gasteiger partial charge in [0.2, 0.25) is 0 Å². The molecule has 1 saturated heterocycles. The SMILES string of the molecule is CCN1CCOC(CNc2ccccc2)C1. The summed E-state index contributed by atoms with van der Waals surface area (Å²) in [6.07, 6.45) is 0.314. The third-order valence-electron chi connectivity index (χ3n) is 2.98. The van der Waals surface area contributed by atoms with Gasteiger partial charge in [-0.25, -0.2) is 0 Å². The van der Waals surface area contributed by atoms with Gasteiger partial charge >= 0.3 is 0 Å². The minimum Gasteiger partial charge on any atom is -0.382 e. The van der Waals surface area contributed by atoms with Gasteiger partial charge < -0.3 is 10.1 Å². The second-order valence-corrected chi connectivity index (χ2v) is 4.13. The topological polar surface area (TPSA) is 24.5 Å². The van der Waals surface area contributed by atoms with E-state index in [1.807, 2.05) is 18.2 Å². The summed E-state index contributed by atoms with van der Waals surface area (Å²) in [5.74, 6) is 0. The molecule has 0 aromatic heterocycles. The van der Waals surface area contributed by atoms with Gasteiger partial charge in [0.25, 0.3) is 0 Å². The van der Waals surface area contributed by atoms with Crippen LogP contribution in [0.1, 0.15) is 6.92 Å². The number of ether oxygens (including phenoxy) is 1. The Labute approximate surface area is 97.4 Å². The van der Waals surface area contributed by atoms with Gasteiger partial charge in [-0.3, -0.25) is 4.90 Å². The highest BCUT2D eigenvalue weighted by atomic mass is 16.5. The van der Waals surface area contributed by atoms with Crippen molar-refractivity contribution in [1.29, 1.82) is 0 Å². The number of hydrogen-bond acceptors (Lipinski definition) is 3. The Morgan fingerprint density at radius 3 is 2.94 bits per heavy atom. The average Bonchev–Trinajstić information content (AvgIpc) is 2.38. The number of benzene rings is 1. The molecule has 0 saturated carbocycles. The van der Waals surface area contributed by atoms with Crippen molar-refractivity contribution in [1.82, 2.24) is 4.90 Å². The number of likely N-dealkylation sites (N-methyl/N-ethyl adjacent to an activating group) is 1. The van der Waals surface area contributed by atoms with Crippen LogP contribution in [0.15, 0.2) is 30.3 Å². The first-order valence-corrected chi connectivity index (χ1v) is 6.01. The van der Waals surface area contributed by atoms with Crippen molar-refractivity contribution in [3.05, 3.63) is 30.3 Å². The molecule has 0 spiro atoms. The standard InChI is InChI=1S/C13H20N2O/c1-2-15-8-9-16-13(11-15)10-14-12-6-4-3-5-7-12/h3-7,13-14H,2,8-11H2,1H3. The normalized spacial score (nSPS) is 21.9. The zero-order chi connectivity index (χ0) is 11.2. The van der Waals surface area contributed by atoms with Gasteiger partial charge in [-0.2, -0.15) is 0 Å². The minimum atomic E-state index is 0.314. The van der Waals surface area contributed by atoms with Gasteiger partial charge in [-0.05, 0) is 18.7 Å². The van der Waals surface area contributed by atoms with E-state index in [2.05, 4.69) is 29.3 Å². The molecule has 0 aliphatic carbocycles. The fourth-order valence-corrected chi connectivity index (χ4v) is 1.98. The highest BCUT2D eigenvalue weighted by molar-refractivity contribution is 5.42. The van der Waals surface area contributed by atoms with Crippen LogP contribution in [0.4, 0.5) is 5.69 Å². The Morgan fingerprint density at radius 1 is 1.38 bits per heavy atom. The van der Waals surface area contributed by atoms with Crippen molar-refractivity contribution < 1.29 is 4.74 Å². The third kappa shape index (κ3) is 3.22. The molecule has 3 nitrogen and oxygen atoms in total. The highest BCUT2D eigenvalue weighted by Crippen LogP contribution is 2.08. The first kappa shape index (κ1) is 11.4. The summed E-state index contributed by atoms with van der Waals surface area (Å²) in [7, 11) is 0. The molecular formula is C13H20N2O. The van der Waals surface area contributed by atoms with E-state index < -0.39 is 0 Å². The maximum absolute atomic E-state index is 5.73. The zero-order valence-corrected chi connectivity index (χ0v) is 9.86. The second-order valence-electron chi connectivity index (χ2n) is 4.13. The number of para-hydroxylation sites is 1. The van der Waals surface area contributed by atoms with Crippen LogP contribution in [0.25, 0.3) is 0 Å². The molecule has 0 amide bonds. The van der Waals surface area contributed by atoms with E-state index >= 15 is 0 Å². The maximum Gasteiger partial charge on any atom is 0.0874 e. The first-order valence-electron chi connectivity index (χ1n) is 6.01. The number of morpholine rings is 1. The van der Waals surface area contributed by atoms with Gasteiger partial charge in [0, 0.05) is 25.3 Å². The van der Waals surface area contributed by atoms with E-state index in [9.17, 15) is 0 Å². The average molecular weight is 220 g/mol. The monoisotopic (exact) mass is 220 g/mol. The Hall–Kier alpha value is -1.06. The van der Waals surface area contributed by atoms with E-state index in [4.69, 9.17) is 4.74 Å². The van der Waals surface area contributed by atoms with E-state index in [0.29, 0.717) is 6.10 Å². The fraction of sp³-hybridized carbons (Fsp3) is 0.538. The smallest absolute Gasteiger partial charge is 0.0874 e. The summed E-state index contributed by atoms with van der Waals surface area (Å²) in [6, 6.07) is 10.3. The summed E-state index contributed by atoms with van der Waals surface area (Å²) in [6.45, 7) is 7.17. The number of anilines is 1. The summed E-state index contributed by atoms with van der Waals surface area (Å²) in [5.41, 5.74) is 1.17. The molecule has 1 aromatic carbocycles. The molecule has 0 bridgehead atoms. The summed E-state index contributed by atoms with van der Waals surface area (Å²) in [5, 5.41) is 3.41. The second kappa shape index (κ2) is 5.87. The number of rotatable bonds is 4. The Bertz CT molecular complexity index is 302. The van der Waals surface area contributed by atoms with Crippen molar-refractivity contribution >= 4 is 5.69 Å². The third-order valence-corrected chi connectivity index (χ3v) is 2.98. The molecule has 1 aliphatic rings. The van der Waals surface area contributed by atoms with Gasteiger partial charge in [-0.15, -0.1) is 0 Å². The van der Waals surface area contributed by atoms with Crippen molar-refractivity contribution in [2.75, 3.05) is 38.1 Å². The van der Waals surface area contributed by atoms with Crippen LogP contribution in [-0.4, -0.2) is 43.8 Å². The van der Waals surface area contributed by atoms with Crippen LogP contribution in [0, 0.1) is 0 Å². The highest BCUT2D eigenvalue weighted by Gasteiger charge is 2.18. The first-order chi connectivity index (χ1) is 7.88. The number of nitrogens with zero attached hydrogens (tertiary/aromatic N) is 1. The van der Waals surface area contributed by atoms with E-state index in [-0.39, 0.29) is 0 Å². The molecule has 3 heteroatoms. The van der Waals surface area contributed by atoms with Crippen LogP contribution >= 0.6 is 0 Å². The fourth-order valence-electron chi connectivity index (χ4n) is 1.98. The van der Waals surface area contributed by atoms with Gasteiger partial charge in [0.05, 0.1) is 12.7 Å². The summed E-state index contributed by atoms with van der Waals surface area (Å²) >= 11 is 0. The molecule has 1 fully saturated rings. The van der Waals surface area contributed by atoms with Crippen molar-refractivity contribution in [2.45, 2.75) is 13.0 Å². The lowest BCUT2D eigenvalue weighted by molar-refractivity contribution is -0.0191. The summed E-state index contributed by atoms with van der Waals surface area (Å²) < 4.78 is 5.73.